The van der Waals surface area contributed by atoms with Gasteiger partial charge in [-0.25, -0.2) is 0 Å². The van der Waals surface area contributed by atoms with Crippen LogP contribution in [0.3, 0.4) is 0 Å². The third-order valence-electron chi connectivity index (χ3n) is 3.87. The van der Waals surface area contributed by atoms with Gasteiger partial charge in [0.05, 0.1) is 16.1 Å². The van der Waals surface area contributed by atoms with Gasteiger partial charge in [-0.15, -0.1) is 0 Å². The van der Waals surface area contributed by atoms with E-state index in [1.165, 1.54) is 6.07 Å². The summed E-state index contributed by atoms with van der Waals surface area (Å²) in [6.45, 7) is 3.59. The number of amides is 1. The molecule has 1 unspecified atom stereocenters. The topological polar surface area (TPSA) is 132 Å². The smallest absolute Gasteiger partial charge is 0.293 e. The quantitative estimate of drug-likeness (QED) is 0.597. The number of hydrogen-bond donors (Lipinski definition) is 2. The Morgan fingerprint density at radius 2 is 1.70 bits per heavy atom. The molecule has 0 heterocycles. The van der Waals surface area contributed by atoms with Crippen LogP contribution in [-0.4, -0.2) is 16.9 Å². The highest BCUT2D eigenvalue weighted by Gasteiger charge is 2.27. The van der Waals surface area contributed by atoms with Gasteiger partial charge in [0, 0.05) is 11.8 Å². The fourth-order valence-corrected chi connectivity index (χ4v) is 2.48. The molecule has 136 valence electrons. The summed E-state index contributed by atoms with van der Waals surface area (Å²) in [5.41, 5.74) is 0.143. The molecule has 27 heavy (non-hydrogen) atoms. The first-order valence-electron chi connectivity index (χ1n) is 8.12. The van der Waals surface area contributed by atoms with Gasteiger partial charge in [-0.3, -0.25) is 14.9 Å². The number of carbonyl (C=O) groups is 1. The number of nitriles is 2. The van der Waals surface area contributed by atoms with Gasteiger partial charge in [-0.2, -0.15) is 10.5 Å². The van der Waals surface area contributed by atoms with E-state index >= 15 is 0 Å². The summed E-state index contributed by atoms with van der Waals surface area (Å²) in [6.07, 6.45) is 0. The fraction of sp³-hybridized carbons (Fsp3) is 0.211. The number of anilines is 2. The van der Waals surface area contributed by atoms with Crippen LogP contribution in [0.1, 0.15) is 25.0 Å². The molecule has 0 aromatic heterocycles. The molecule has 8 heteroatoms. The third-order valence-corrected chi connectivity index (χ3v) is 3.87. The van der Waals surface area contributed by atoms with Crippen LogP contribution in [0.4, 0.5) is 17.1 Å². The van der Waals surface area contributed by atoms with Gasteiger partial charge in [0.25, 0.3) is 5.69 Å². The lowest BCUT2D eigenvalue weighted by atomic mass is 10.0. The number of nitro groups is 1. The summed E-state index contributed by atoms with van der Waals surface area (Å²) >= 11 is 0. The highest BCUT2D eigenvalue weighted by Crippen LogP contribution is 2.29. The molecule has 0 bridgehead atoms. The molecule has 0 saturated carbocycles. The predicted octanol–water partition coefficient (Wildman–Crippen LogP) is 3.41. The zero-order valence-electron chi connectivity index (χ0n) is 14.8. The van der Waals surface area contributed by atoms with Crippen LogP contribution in [0.25, 0.3) is 0 Å². The standard InChI is InChI=1S/C19H17N5O3/c1-12(2)18(19(25)22-15-6-4-3-5-7-15)23-16-8-13(10-20)14(11-21)9-17(16)24(26)27/h3-9,12,18,23H,1-2H3,(H,22,25). The van der Waals surface area contributed by atoms with Gasteiger partial charge in [0.1, 0.15) is 23.9 Å². The van der Waals surface area contributed by atoms with E-state index in [0.717, 1.165) is 6.07 Å². The Morgan fingerprint density at radius 3 is 2.22 bits per heavy atom. The van der Waals surface area contributed by atoms with E-state index in [0.29, 0.717) is 5.69 Å². The zero-order valence-corrected chi connectivity index (χ0v) is 14.8. The van der Waals surface area contributed by atoms with Crippen LogP contribution in [0.15, 0.2) is 42.5 Å². The highest BCUT2D eigenvalue weighted by molar-refractivity contribution is 5.97. The Bertz CT molecular complexity index is 942. The van der Waals surface area contributed by atoms with Crippen molar-refractivity contribution in [1.29, 1.82) is 10.5 Å². The maximum Gasteiger partial charge on any atom is 0.293 e. The lowest BCUT2D eigenvalue weighted by Crippen LogP contribution is -2.39. The number of nitrogens with zero attached hydrogens (tertiary/aromatic N) is 3. The first-order chi connectivity index (χ1) is 12.9. The number of rotatable bonds is 6. The van der Waals surface area contributed by atoms with Crippen LogP contribution in [0, 0.1) is 38.7 Å². The molecule has 0 aliphatic rings. The Hall–Kier alpha value is -3.91. The molecular weight excluding hydrogens is 346 g/mol. The van der Waals surface area contributed by atoms with Gasteiger partial charge in [0.15, 0.2) is 0 Å². The van der Waals surface area contributed by atoms with Crippen molar-refractivity contribution in [2.75, 3.05) is 10.6 Å². The van der Waals surface area contributed by atoms with Gasteiger partial charge in [-0.05, 0) is 24.1 Å². The number of hydrogen-bond acceptors (Lipinski definition) is 6. The molecule has 1 atom stereocenters. The molecule has 0 aliphatic carbocycles. The lowest BCUT2D eigenvalue weighted by molar-refractivity contribution is -0.384. The minimum Gasteiger partial charge on any atom is -0.368 e. The number of nitrogens with one attached hydrogen (secondary N) is 2. The summed E-state index contributed by atoms with van der Waals surface area (Å²) in [4.78, 5) is 23.4. The molecule has 2 N–H and O–H groups in total. The van der Waals surface area contributed by atoms with Crippen LogP contribution in [0.5, 0.6) is 0 Å². The van der Waals surface area contributed by atoms with E-state index < -0.39 is 11.0 Å². The number of benzene rings is 2. The molecule has 0 spiro atoms. The minimum atomic E-state index is -0.789. The van der Waals surface area contributed by atoms with Crippen molar-refractivity contribution in [3.8, 4) is 12.1 Å². The summed E-state index contributed by atoms with van der Waals surface area (Å²) in [5.74, 6) is -0.567. The minimum absolute atomic E-state index is 0.00317. The first kappa shape index (κ1) is 19.4. The van der Waals surface area contributed by atoms with Gasteiger partial charge in [0.2, 0.25) is 5.91 Å². The zero-order chi connectivity index (χ0) is 20.0. The van der Waals surface area contributed by atoms with Crippen LogP contribution in [0.2, 0.25) is 0 Å². The van der Waals surface area contributed by atoms with Crippen molar-refractivity contribution >= 4 is 23.0 Å². The van der Waals surface area contributed by atoms with Crippen molar-refractivity contribution in [3.63, 3.8) is 0 Å². The van der Waals surface area contributed by atoms with Crippen molar-refractivity contribution < 1.29 is 9.72 Å². The predicted molar refractivity (Wildman–Crippen MR) is 99.8 cm³/mol. The number of nitro benzene ring substituents is 1. The van der Waals surface area contributed by atoms with Gasteiger partial charge < -0.3 is 10.6 Å². The first-order valence-corrected chi connectivity index (χ1v) is 8.12. The fourth-order valence-electron chi connectivity index (χ4n) is 2.48. The van der Waals surface area contributed by atoms with Crippen LogP contribution < -0.4 is 10.6 Å². The average Bonchev–Trinajstić information content (AvgIpc) is 2.65. The Labute approximate surface area is 156 Å². The van der Waals surface area contributed by atoms with Crippen molar-refractivity contribution in [2.24, 2.45) is 5.92 Å². The molecule has 0 fully saturated rings. The van der Waals surface area contributed by atoms with Crippen molar-refractivity contribution in [1.82, 2.24) is 0 Å². The SMILES string of the molecule is CC(C)C(Nc1cc(C#N)c(C#N)cc1[N+](=O)[O-])C(=O)Nc1ccccc1. The molecule has 8 nitrogen and oxygen atoms in total. The third kappa shape index (κ3) is 4.59. The van der Waals surface area contributed by atoms with Crippen molar-refractivity contribution in [2.45, 2.75) is 19.9 Å². The Morgan fingerprint density at radius 1 is 1.11 bits per heavy atom. The normalized spacial score (nSPS) is 11.1. The van der Waals surface area contributed by atoms with Crippen LogP contribution >= 0.6 is 0 Å². The van der Waals surface area contributed by atoms with Gasteiger partial charge >= 0.3 is 0 Å². The van der Waals surface area contributed by atoms with E-state index in [4.69, 9.17) is 5.26 Å². The maximum atomic E-state index is 12.7. The van der Waals surface area contributed by atoms with E-state index in [-0.39, 0.29) is 34.3 Å². The molecule has 2 aromatic carbocycles. The maximum absolute atomic E-state index is 12.7. The molecule has 1 amide bonds. The Balaban J connectivity index is 2.38. The monoisotopic (exact) mass is 363 g/mol. The van der Waals surface area contributed by atoms with E-state index in [1.807, 2.05) is 12.1 Å². The molecule has 0 saturated heterocycles. The van der Waals surface area contributed by atoms with E-state index in [1.54, 1.807) is 44.2 Å². The highest BCUT2D eigenvalue weighted by atomic mass is 16.6. The Kier molecular flexibility index (Phi) is 6.08. The second kappa shape index (κ2) is 8.45. The summed E-state index contributed by atoms with van der Waals surface area (Å²) in [5, 5.41) is 35.2. The van der Waals surface area contributed by atoms with Gasteiger partial charge in [-0.1, -0.05) is 32.0 Å². The van der Waals surface area contributed by atoms with E-state index in [2.05, 4.69) is 10.6 Å². The molecule has 2 aromatic rings. The van der Waals surface area contributed by atoms with Crippen LogP contribution in [-0.2, 0) is 4.79 Å². The second-order valence-electron chi connectivity index (χ2n) is 6.12. The number of para-hydroxylation sites is 1. The molecular formula is C19H17N5O3. The summed E-state index contributed by atoms with van der Waals surface area (Å²) < 4.78 is 0. The largest absolute Gasteiger partial charge is 0.368 e. The average molecular weight is 363 g/mol. The second-order valence-corrected chi connectivity index (χ2v) is 6.12. The summed E-state index contributed by atoms with van der Waals surface area (Å²) in [6, 6.07) is 13.9. The summed E-state index contributed by atoms with van der Waals surface area (Å²) in [7, 11) is 0. The van der Waals surface area contributed by atoms with Crippen molar-refractivity contribution in [3.05, 3.63) is 63.7 Å². The van der Waals surface area contributed by atoms with E-state index in [9.17, 15) is 20.2 Å². The molecule has 0 aliphatic heterocycles. The number of carbonyl (C=O) groups excluding carboxylic acids is 1. The molecule has 0 radical (unpaired) electrons. The lowest BCUT2D eigenvalue weighted by Gasteiger charge is -2.23. The molecule has 2 rings (SSSR count).